The third kappa shape index (κ3) is 1.94. The summed E-state index contributed by atoms with van der Waals surface area (Å²) in [6.45, 7) is 0. The minimum atomic E-state index is -4.88. The van der Waals surface area contributed by atoms with Crippen LogP contribution in [0.3, 0.4) is 0 Å². The lowest BCUT2D eigenvalue weighted by Gasteiger charge is -1.91. The van der Waals surface area contributed by atoms with E-state index in [4.69, 9.17) is 0 Å². The highest BCUT2D eigenvalue weighted by Gasteiger charge is 2.13. The number of rotatable bonds is 1. The van der Waals surface area contributed by atoms with Crippen LogP contribution in [-0.4, -0.2) is 13.4 Å². The second-order valence-electron chi connectivity index (χ2n) is 1.74. The fourth-order valence-electron chi connectivity index (χ4n) is 0.525. The first-order valence-corrected chi connectivity index (χ1v) is 3.96. The van der Waals surface area contributed by atoms with E-state index in [0.717, 1.165) is 18.2 Å². The number of halogens is 2. The average Bonchev–Trinajstić information content (AvgIpc) is 1.86. The normalized spacial score (nSPS) is 11.5. The Morgan fingerprint density at radius 2 is 2.00 bits per heavy atom. The van der Waals surface area contributed by atoms with E-state index in [-0.39, 0.29) is 0 Å². The summed E-state index contributed by atoms with van der Waals surface area (Å²) in [6.07, 6.45) is 0. The van der Waals surface area contributed by atoms with Crippen LogP contribution in [0.5, 0.6) is 0 Å². The van der Waals surface area contributed by atoms with E-state index in [1.807, 2.05) is 0 Å². The first-order valence-electron chi connectivity index (χ1n) is 2.57. The van der Waals surface area contributed by atoms with Crippen LogP contribution in [-0.2, 0) is 10.2 Å². The lowest BCUT2D eigenvalue weighted by Crippen LogP contribution is -1.96. The Balaban J connectivity index is 3.28. The summed E-state index contributed by atoms with van der Waals surface area (Å²) < 4.78 is 44.4. The first kappa shape index (κ1) is 8.06. The van der Waals surface area contributed by atoms with Gasteiger partial charge in [-0.25, -0.2) is 4.98 Å². The topological polar surface area (TPSA) is 47.0 Å². The Morgan fingerprint density at radius 3 is 2.36 bits per heavy atom. The Bertz CT molecular complexity index is 363. The molecule has 0 unspecified atom stereocenters. The third-order valence-electron chi connectivity index (χ3n) is 0.939. The zero-order valence-electron chi connectivity index (χ0n) is 5.16. The van der Waals surface area contributed by atoms with Gasteiger partial charge in [0.1, 0.15) is 0 Å². The maximum absolute atomic E-state index is 12.2. The summed E-state index contributed by atoms with van der Waals surface area (Å²) in [5.41, 5.74) is 0. The van der Waals surface area contributed by atoms with Crippen LogP contribution in [0.2, 0.25) is 0 Å². The fraction of sp³-hybridized carbons (Fsp3) is 0. The lowest BCUT2D eigenvalue weighted by molar-refractivity contribution is 0.531. The maximum Gasteiger partial charge on any atom is 0.349 e. The number of hydrogen-bond donors (Lipinski definition) is 0. The minimum Gasteiger partial charge on any atom is -0.205 e. The average molecular weight is 179 g/mol. The van der Waals surface area contributed by atoms with Crippen molar-refractivity contribution >= 4 is 10.2 Å². The number of hydrogen-bond acceptors (Lipinski definition) is 3. The van der Waals surface area contributed by atoms with Crippen LogP contribution in [0.25, 0.3) is 0 Å². The van der Waals surface area contributed by atoms with Crippen molar-refractivity contribution < 1.29 is 16.7 Å². The van der Waals surface area contributed by atoms with Gasteiger partial charge in [-0.3, -0.25) is 0 Å². The molecule has 11 heavy (non-hydrogen) atoms. The molecule has 0 aliphatic carbocycles. The summed E-state index contributed by atoms with van der Waals surface area (Å²) in [4.78, 5) is 2.81. The lowest BCUT2D eigenvalue weighted by atomic mass is 10.5. The molecule has 6 heteroatoms. The van der Waals surface area contributed by atoms with E-state index < -0.39 is 21.2 Å². The molecule has 0 saturated carbocycles. The SMILES string of the molecule is O=S(=O)(F)c1cccc(F)n1. The molecule has 1 heterocycles. The van der Waals surface area contributed by atoms with Gasteiger partial charge in [-0.05, 0) is 12.1 Å². The molecule has 0 aliphatic rings. The van der Waals surface area contributed by atoms with Crippen molar-refractivity contribution in [2.45, 2.75) is 5.03 Å². The van der Waals surface area contributed by atoms with Crippen molar-refractivity contribution in [2.24, 2.45) is 0 Å². The molecule has 0 aliphatic heterocycles. The van der Waals surface area contributed by atoms with Gasteiger partial charge in [0.05, 0.1) is 0 Å². The zero-order chi connectivity index (χ0) is 8.48. The largest absolute Gasteiger partial charge is 0.349 e. The first-order chi connectivity index (χ1) is 5.00. The quantitative estimate of drug-likeness (QED) is 0.475. The summed E-state index contributed by atoms with van der Waals surface area (Å²) in [6, 6.07) is 2.86. The monoisotopic (exact) mass is 179 g/mol. The van der Waals surface area contributed by atoms with Crippen LogP contribution in [0.1, 0.15) is 0 Å². The van der Waals surface area contributed by atoms with E-state index in [1.165, 1.54) is 0 Å². The summed E-state index contributed by atoms with van der Waals surface area (Å²) in [7, 11) is -4.88. The molecular weight excluding hydrogens is 176 g/mol. The molecular formula is C5H3F2NO2S. The molecule has 0 amide bonds. The molecule has 1 aromatic heterocycles. The van der Waals surface area contributed by atoms with E-state index >= 15 is 0 Å². The smallest absolute Gasteiger partial charge is 0.205 e. The van der Waals surface area contributed by atoms with Gasteiger partial charge in [0, 0.05) is 0 Å². The predicted molar refractivity (Wildman–Crippen MR) is 32.5 cm³/mol. The number of aromatic nitrogens is 1. The number of pyridine rings is 1. The van der Waals surface area contributed by atoms with Gasteiger partial charge in [0.15, 0.2) is 5.03 Å². The van der Waals surface area contributed by atoms with Crippen molar-refractivity contribution in [2.75, 3.05) is 0 Å². The predicted octanol–water partition coefficient (Wildman–Crippen LogP) is 0.879. The molecule has 0 bridgehead atoms. The Kier molecular flexibility index (Phi) is 1.86. The highest BCUT2D eigenvalue weighted by molar-refractivity contribution is 7.86. The molecule has 0 N–H and O–H groups in total. The molecule has 1 rings (SSSR count). The van der Waals surface area contributed by atoms with Gasteiger partial charge in [-0.1, -0.05) is 9.95 Å². The highest BCUT2D eigenvalue weighted by Crippen LogP contribution is 2.07. The van der Waals surface area contributed by atoms with E-state index in [2.05, 4.69) is 4.98 Å². The van der Waals surface area contributed by atoms with E-state index in [9.17, 15) is 16.7 Å². The summed E-state index contributed by atoms with van der Waals surface area (Å²) >= 11 is 0. The fourth-order valence-corrected chi connectivity index (χ4v) is 0.963. The van der Waals surface area contributed by atoms with Crippen molar-refractivity contribution in [3.8, 4) is 0 Å². The van der Waals surface area contributed by atoms with Gasteiger partial charge < -0.3 is 0 Å². The van der Waals surface area contributed by atoms with Crippen molar-refractivity contribution in [3.05, 3.63) is 24.1 Å². The highest BCUT2D eigenvalue weighted by atomic mass is 32.3. The van der Waals surface area contributed by atoms with Crippen LogP contribution in [0, 0.1) is 5.95 Å². The molecule has 1 aromatic rings. The van der Waals surface area contributed by atoms with Gasteiger partial charge in [0.25, 0.3) is 0 Å². The van der Waals surface area contributed by atoms with Gasteiger partial charge >= 0.3 is 10.2 Å². The molecule has 0 fully saturated rings. The van der Waals surface area contributed by atoms with Gasteiger partial charge in [0.2, 0.25) is 5.95 Å². The minimum absolute atomic E-state index is 0.873. The Morgan fingerprint density at radius 1 is 1.36 bits per heavy atom. The van der Waals surface area contributed by atoms with Crippen molar-refractivity contribution in [1.82, 2.24) is 4.98 Å². The standard InChI is InChI=1S/C5H3F2NO2S/c6-4-2-1-3-5(8-4)11(7,9)10/h1-3H. The third-order valence-corrected chi connectivity index (χ3v) is 1.67. The molecule has 3 nitrogen and oxygen atoms in total. The molecule has 60 valence electrons. The second kappa shape index (κ2) is 2.54. The van der Waals surface area contributed by atoms with Gasteiger partial charge in [-0.15, -0.1) is 0 Å². The second-order valence-corrected chi connectivity index (χ2v) is 3.03. The Hall–Kier alpha value is -1.04. The van der Waals surface area contributed by atoms with Gasteiger partial charge in [-0.2, -0.15) is 12.8 Å². The van der Waals surface area contributed by atoms with E-state index in [1.54, 1.807) is 0 Å². The van der Waals surface area contributed by atoms with Crippen LogP contribution >= 0.6 is 0 Å². The summed E-state index contributed by atoms with van der Waals surface area (Å²) in [5.74, 6) is -1.02. The summed E-state index contributed by atoms with van der Waals surface area (Å²) in [5, 5.41) is -0.905. The number of nitrogens with zero attached hydrogens (tertiary/aromatic N) is 1. The molecule has 0 saturated heterocycles. The van der Waals surface area contributed by atoms with Crippen LogP contribution < -0.4 is 0 Å². The maximum atomic E-state index is 12.2. The molecule has 0 aromatic carbocycles. The molecule has 0 spiro atoms. The van der Waals surface area contributed by atoms with E-state index in [0.29, 0.717) is 0 Å². The molecule has 0 atom stereocenters. The Labute approximate surface area is 61.9 Å². The zero-order valence-corrected chi connectivity index (χ0v) is 5.98. The van der Waals surface area contributed by atoms with Crippen LogP contribution in [0.4, 0.5) is 8.28 Å². The van der Waals surface area contributed by atoms with Crippen LogP contribution in [0.15, 0.2) is 23.2 Å². The van der Waals surface area contributed by atoms with Crippen molar-refractivity contribution in [3.63, 3.8) is 0 Å². The van der Waals surface area contributed by atoms with Crippen molar-refractivity contribution in [1.29, 1.82) is 0 Å². The molecule has 0 radical (unpaired) electrons.